The largest absolute Gasteiger partial charge is 0.379 e. The predicted octanol–water partition coefficient (Wildman–Crippen LogP) is 0.592. The van der Waals surface area contributed by atoms with Crippen molar-refractivity contribution in [1.82, 2.24) is 9.80 Å². The summed E-state index contributed by atoms with van der Waals surface area (Å²) in [6.07, 6.45) is 2.54. The Balaban J connectivity index is 1.44. The molecule has 0 aromatic rings. The van der Waals surface area contributed by atoms with Gasteiger partial charge in [0, 0.05) is 32.2 Å². The molecule has 1 saturated carbocycles. The van der Waals surface area contributed by atoms with Crippen LogP contribution in [0.1, 0.15) is 19.8 Å². The molecule has 2 saturated heterocycles. The van der Waals surface area contributed by atoms with Crippen molar-refractivity contribution in [2.24, 2.45) is 11.8 Å². The van der Waals surface area contributed by atoms with Gasteiger partial charge in [-0.15, -0.1) is 0 Å². The summed E-state index contributed by atoms with van der Waals surface area (Å²) in [7, 11) is 0. The average Bonchev–Trinajstić information content (AvgIpc) is 3.20. The molecule has 20 heavy (non-hydrogen) atoms. The van der Waals surface area contributed by atoms with E-state index in [1.54, 1.807) is 0 Å². The number of likely N-dealkylation sites (tertiary alicyclic amines) is 1. The maximum Gasteiger partial charge on any atom is 0.248 e. The zero-order valence-corrected chi connectivity index (χ0v) is 12.4. The molecule has 0 radical (unpaired) electrons. The van der Waals surface area contributed by atoms with Crippen LogP contribution in [0, 0.1) is 11.8 Å². The Morgan fingerprint density at radius 2 is 2.00 bits per heavy atom. The second-order valence-corrected chi connectivity index (χ2v) is 6.45. The Morgan fingerprint density at radius 1 is 1.25 bits per heavy atom. The van der Waals surface area contributed by atoms with Gasteiger partial charge in [-0.1, -0.05) is 6.92 Å². The van der Waals surface area contributed by atoms with E-state index in [4.69, 9.17) is 9.47 Å². The van der Waals surface area contributed by atoms with Crippen molar-refractivity contribution in [2.75, 3.05) is 52.6 Å². The number of morpholine rings is 1. The Morgan fingerprint density at radius 3 is 2.70 bits per heavy atom. The van der Waals surface area contributed by atoms with Gasteiger partial charge in [0.25, 0.3) is 0 Å². The van der Waals surface area contributed by atoms with Gasteiger partial charge in [0.2, 0.25) is 5.91 Å². The first-order chi connectivity index (χ1) is 9.74. The molecule has 3 aliphatic rings. The summed E-state index contributed by atoms with van der Waals surface area (Å²) < 4.78 is 10.9. The van der Waals surface area contributed by atoms with Crippen LogP contribution < -0.4 is 0 Å². The molecule has 0 aromatic heterocycles. The standard InChI is InChI=1S/C15H26N2O3/c1-12-8-17(15(18)11-20-10-13-2-3-13)9-14(12)16-4-6-19-7-5-16/h12-14H,2-11H2,1H3/t12-,14+/m0/s1. The van der Waals surface area contributed by atoms with Crippen LogP contribution in [0.4, 0.5) is 0 Å². The molecular weight excluding hydrogens is 256 g/mol. The normalized spacial score (nSPS) is 31.8. The molecule has 5 heteroatoms. The molecule has 3 fully saturated rings. The first-order valence-corrected chi connectivity index (χ1v) is 7.91. The summed E-state index contributed by atoms with van der Waals surface area (Å²) in [5.74, 6) is 1.43. The van der Waals surface area contributed by atoms with Crippen LogP contribution in [-0.2, 0) is 14.3 Å². The molecule has 1 amide bonds. The van der Waals surface area contributed by atoms with Crippen molar-refractivity contribution in [1.29, 1.82) is 0 Å². The summed E-state index contributed by atoms with van der Waals surface area (Å²) in [5, 5.41) is 0. The third-order valence-corrected chi connectivity index (χ3v) is 4.72. The Labute approximate surface area is 121 Å². The smallest absolute Gasteiger partial charge is 0.248 e. The van der Waals surface area contributed by atoms with E-state index in [1.807, 2.05) is 4.90 Å². The highest BCUT2D eigenvalue weighted by Crippen LogP contribution is 2.29. The molecule has 0 N–H and O–H groups in total. The van der Waals surface area contributed by atoms with Gasteiger partial charge in [0.1, 0.15) is 6.61 Å². The molecule has 0 spiro atoms. The number of carbonyl (C=O) groups is 1. The van der Waals surface area contributed by atoms with Crippen molar-refractivity contribution in [3.8, 4) is 0 Å². The first-order valence-electron chi connectivity index (χ1n) is 7.91. The Hall–Kier alpha value is -0.650. The van der Waals surface area contributed by atoms with E-state index in [-0.39, 0.29) is 12.5 Å². The third kappa shape index (κ3) is 3.51. The lowest BCUT2D eigenvalue weighted by Crippen LogP contribution is -2.47. The minimum absolute atomic E-state index is 0.160. The van der Waals surface area contributed by atoms with Crippen LogP contribution in [0.2, 0.25) is 0 Å². The van der Waals surface area contributed by atoms with Crippen molar-refractivity contribution in [2.45, 2.75) is 25.8 Å². The van der Waals surface area contributed by atoms with Gasteiger partial charge in [-0.3, -0.25) is 9.69 Å². The molecule has 3 rings (SSSR count). The number of amides is 1. The zero-order valence-electron chi connectivity index (χ0n) is 12.4. The fraction of sp³-hybridized carbons (Fsp3) is 0.933. The van der Waals surface area contributed by atoms with E-state index in [2.05, 4.69) is 11.8 Å². The average molecular weight is 282 g/mol. The van der Waals surface area contributed by atoms with E-state index in [0.29, 0.717) is 12.0 Å². The lowest BCUT2D eigenvalue weighted by atomic mass is 10.0. The molecule has 2 heterocycles. The van der Waals surface area contributed by atoms with Gasteiger partial charge in [-0.05, 0) is 24.7 Å². The minimum atomic E-state index is 0.160. The van der Waals surface area contributed by atoms with Crippen LogP contribution in [-0.4, -0.2) is 74.4 Å². The monoisotopic (exact) mass is 282 g/mol. The number of hydrogen-bond acceptors (Lipinski definition) is 4. The molecule has 2 atom stereocenters. The summed E-state index contributed by atoms with van der Waals surface area (Å²) in [5.41, 5.74) is 0. The quantitative estimate of drug-likeness (QED) is 0.740. The van der Waals surface area contributed by atoms with Crippen LogP contribution in [0.25, 0.3) is 0 Å². The van der Waals surface area contributed by atoms with Gasteiger partial charge < -0.3 is 14.4 Å². The molecule has 114 valence electrons. The van der Waals surface area contributed by atoms with Crippen molar-refractivity contribution in [3.63, 3.8) is 0 Å². The maximum absolute atomic E-state index is 12.2. The number of hydrogen-bond donors (Lipinski definition) is 0. The molecule has 1 aliphatic carbocycles. The lowest BCUT2D eigenvalue weighted by Gasteiger charge is -2.33. The molecule has 0 unspecified atom stereocenters. The fourth-order valence-corrected chi connectivity index (χ4v) is 3.23. The minimum Gasteiger partial charge on any atom is -0.379 e. The highest BCUT2D eigenvalue weighted by Gasteiger charge is 2.36. The molecule has 0 bridgehead atoms. The van der Waals surface area contributed by atoms with E-state index in [1.165, 1.54) is 12.8 Å². The van der Waals surface area contributed by atoms with Crippen LogP contribution in [0.5, 0.6) is 0 Å². The third-order valence-electron chi connectivity index (χ3n) is 4.72. The summed E-state index contributed by atoms with van der Waals surface area (Å²) in [6, 6.07) is 0.492. The molecular formula is C15H26N2O3. The molecule has 2 aliphatic heterocycles. The Bertz CT molecular complexity index is 340. The van der Waals surface area contributed by atoms with Gasteiger partial charge in [-0.2, -0.15) is 0 Å². The second-order valence-electron chi connectivity index (χ2n) is 6.45. The van der Waals surface area contributed by atoms with Crippen LogP contribution in [0.3, 0.4) is 0 Å². The van der Waals surface area contributed by atoms with Gasteiger partial charge in [0.05, 0.1) is 19.8 Å². The zero-order chi connectivity index (χ0) is 13.9. The summed E-state index contributed by atoms with van der Waals surface area (Å²) in [4.78, 5) is 16.6. The highest BCUT2D eigenvalue weighted by molar-refractivity contribution is 5.77. The van der Waals surface area contributed by atoms with Crippen molar-refractivity contribution < 1.29 is 14.3 Å². The van der Waals surface area contributed by atoms with Crippen molar-refractivity contribution >= 4 is 5.91 Å². The number of nitrogens with zero attached hydrogens (tertiary/aromatic N) is 2. The summed E-state index contributed by atoms with van der Waals surface area (Å²) >= 11 is 0. The van der Waals surface area contributed by atoms with Crippen molar-refractivity contribution in [3.05, 3.63) is 0 Å². The summed E-state index contributed by atoms with van der Waals surface area (Å²) in [6.45, 7) is 8.63. The van der Waals surface area contributed by atoms with E-state index in [9.17, 15) is 4.79 Å². The number of rotatable bonds is 5. The second kappa shape index (κ2) is 6.41. The maximum atomic E-state index is 12.2. The van der Waals surface area contributed by atoms with E-state index < -0.39 is 0 Å². The first kappa shape index (κ1) is 14.3. The van der Waals surface area contributed by atoms with Crippen LogP contribution >= 0.6 is 0 Å². The number of ether oxygens (including phenoxy) is 2. The topological polar surface area (TPSA) is 42.0 Å². The highest BCUT2D eigenvalue weighted by atomic mass is 16.5. The molecule has 5 nitrogen and oxygen atoms in total. The van der Waals surface area contributed by atoms with Gasteiger partial charge in [0.15, 0.2) is 0 Å². The molecule has 0 aromatic carbocycles. The van der Waals surface area contributed by atoms with Crippen LogP contribution in [0.15, 0.2) is 0 Å². The van der Waals surface area contributed by atoms with E-state index in [0.717, 1.165) is 51.9 Å². The SMILES string of the molecule is C[C@H]1CN(C(=O)COCC2CC2)C[C@H]1N1CCOCC1. The number of carbonyl (C=O) groups excluding carboxylic acids is 1. The lowest BCUT2D eigenvalue weighted by molar-refractivity contribution is -0.135. The predicted molar refractivity (Wildman–Crippen MR) is 75.5 cm³/mol. The van der Waals surface area contributed by atoms with E-state index >= 15 is 0 Å². The van der Waals surface area contributed by atoms with Gasteiger partial charge >= 0.3 is 0 Å². The fourth-order valence-electron chi connectivity index (χ4n) is 3.23. The Kier molecular flexibility index (Phi) is 4.58. The van der Waals surface area contributed by atoms with Gasteiger partial charge in [-0.25, -0.2) is 0 Å².